The smallest absolute Gasteiger partial charge is 0.247 e. The quantitative estimate of drug-likeness (QED) is 0.736. The minimum absolute atomic E-state index is 0.120. The van der Waals surface area contributed by atoms with Crippen LogP contribution in [-0.4, -0.2) is 84.3 Å². The van der Waals surface area contributed by atoms with E-state index in [-0.39, 0.29) is 5.91 Å². The predicted octanol–water partition coefficient (Wildman–Crippen LogP) is -0.0963. The number of piperazine rings is 1. The molecule has 0 saturated carbocycles. The zero-order chi connectivity index (χ0) is 15.9. The summed E-state index contributed by atoms with van der Waals surface area (Å²) in [6, 6.07) is 0. The Kier molecular flexibility index (Phi) is 5.88. The first-order valence-electron chi connectivity index (χ1n) is 7.65. The van der Waals surface area contributed by atoms with Crippen molar-refractivity contribution >= 4 is 17.7 Å². The minimum atomic E-state index is 0.120. The highest BCUT2D eigenvalue weighted by atomic mass is 16.2. The largest absolute Gasteiger partial charge is 0.369 e. The number of amides is 1. The second-order valence-electron chi connectivity index (χ2n) is 5.72. The molecule has 1 amide bonds. The SMILES string of the molecule is CC(=O)N1CCN(c2nncc(NCCCN(C)C)n2)CC1. The third-order valence-electron chi connectivity index (χ3n) is 3.64. The molecule has 0 unspecified atom stereocenters. The van der Waals surface area contributed by atoms with Gasteiger partial charge in [-0.05, 0) is 27.1 Å². The molecular weight excluding hydrogens is 282 g/mol. The molecule has 0 bridgehead atoms. The van der Waals surface area contributed by atoms with Crippen LogP contribution >= 0.6 is 0 Å². The Balaban J connectivity index is 1.85. The van der Waals surface area contributed by atoms with Crippen LogP contribution in [0.3, 0.4) is 0 Å². The lowest BCUT2D eigenvalue weighted by molar-refractivity contribution is -0.129. The maximum absolute atomic E-state index is 11.3. The van der Waals surface area contributed by atoms with Gasteiger partial charge >= 0.3 is 0 Å². The van der Waals surface area contributed by atoms with Crippen LogP contribution in [0.15, 0.2) is 6.20 Å². The molecule has 0 radical (unpaired) electrons. The molecule has 1 aliphatic rings. The minimum Gasteiger partial charge on any atom is -0.369 e. The Labute approximate surface area is 131 Å². The van der Waals surface area contributed by atoms with Gasteiger partial charge in [-0.1, -0.05) is 0 Å². The second-order valence-corrected chi connectivity index (χ2v) is 5.72. The molecule has 1 aliphatic heterocycles. The van der Waals surface area contributed by atoms with Crippen molar-refractivity contribution < 1.29 is 4.79 Å². The number of aromatic nitrogens is 3. The summed E-state index contributed by atoms with van der Waals surface area (Å²) in [7, 11) is 4.12. The van der Waals surface area contributed by atoms with Crippen LogP contribution < -0.4 is 10.2 Å². The van der Waals surface area contributed by atoms with E-state index in [1.807, 2.05) is 4.90 Å². The van der Waals surface area contributed by atoms with Crippen molar-refractivity contribution in [3.8, 4) is 0 Å². The van der Waals surface area contributed by atoms with Crippen molar-refractivity contribution in [3.05, 3.63) is 6.20 Å². The van der Waals surface area contributed by atoms with Crippen molar-refractivity contribution in [2.75, 3.05) is 63.6 Å². The summed E-state index contributed by atoms with van der Waals surface area (Å²) in [6.07, 6.45) is 2.69. The number of hydrogen-bond donors (Lipinski definition) is 1. The van der Waals surface area contributed by atoms with E-state index in [0.717, 1.165) is 38.4 Å². The standard InChI is InChI=1S/C14H25N7O/c1-12(22)20-7-9-21(10-8-20)14-17-13(11-16-18-14)15-5-4-6-19(2)3/h11H,4-10H2,1-3H3,(H,15,17,18). The van der Waals surface area contributed by atoms with E-state index in [9.17, 15) is 4.79 Å². The number of anilines is 2. The van der Waals surface area contributed by atoms with Gasteiger partial charge in [0.25, 0.3) is 0 Å². The molecule has 122 valence electrons. The summed E-state index contributed by atoms with van der Waals surface area (Å²) >= 11 is 0. The maximum Gasteiger partial charge on any atom is 0.247 e. The Hall–Kier alpha value is -1.96. The van der Waals surface area contributed by atoms with Crippen LogP contribution in [0, 0.1) is 0 Å². The second kappa shape index (κ2) is 7.88. The first-order chi connectivity index (χ1) is 10.6. The van der Waals surface area contributed by atoms with Crippen LogP contribution in [0.2, 0.25) is 0 Å². The van der Waals surface area contributed by atoms with Gasteiger partial charge in [0.05, 0.1) is 6.20 Å². The molecule has 8 nitrogen and oxygen atoms in total. The fraction of sp³-hybridized carbons (Fsp3) is 0.714. The van der Waals surface area contributed by atoms with E-state index in [1.165, 1.54) is 0 Å². The highest BCUT2D eigenvalue weighted by Gasteiger charge is 2.20. The Morgan fingerprint density at radius 2 is 2.05 bits per heavy atom. The van der Waals surface area contributed by atoms with Crippen LogP contribution in [0.1, 0.15) is 13.3 Å². The number of nitrogens with one attached hydrogen (secondary N) is 1. The lowest BCUT2D eigenvalue weighted by atomic mass is 10.3. The molecule has 1 aromatic heterocycles. The monoisotopic (exact) mass is 307 g/mol. The molecule has 0 aromatic carbocycles. The number of hydrogen-bond acceptors (Lipinski definition) is 7. The van der Waals surface area contributed by atoms with Crippen LogP contribution in [0.5, 0.6) is 0 Å². The molecule has 22 heavy (non-hydrogen) atoms. The van der Waals surface area contributed by atoms with Gasteiger partial charge in [0.2, 0.25) is 11.9 Å². The molecule has 0 spiro atoms. The first-order valence-corrected chi connectivity index (χ1v) is 7.65. The predicted molar refractivity (Wildman–Crippen MR) is 86.0 cm³/mol. The zero-order valence-electron chi connectivity index (χ0n) is 13.6. The summed E-state index contributed by atoms with van der Waals surface area (Å²) < 4.78 is 0. The lowest BCUT2D eigenvalue weighted by Gasteiger charge is -2.33. The molecule has 1 aromatic rings. The Morgan fingerprint density at radius 3 is 2.68 bits per heavy atom. The maximum atomic E-state index is 11.3. The zero-order valence-corrected chi connectivity index (χ0v) is 13.6. The summed E-state index contributed by atoms with van der Waals surface area (Å²) in [5, 5.41) is 11.4. The summed E-state index contributed by atoms with van der Waals surface area (Å²) in [6.45, 7) is 6.39. The van der Waals surface area contributed by atoms with Gasteiger partial charge in [-0.15, -0.1) is 5.10 Å². The van der Waals surface area contributed by atoms with Crippen molar-refractivity contribution in [1.82, 2.24) is 25.0 Å². The molecule has 2 heterocycles. The molecule has 0 aliphatic carbocycles. The molecule has 1 N–H and O–H groups in total. The van der Waals surface area contributed by atoms with Crippen molar-refractivity contribution in [2.45, 2.75) is 13.3 Å². The van der Waals surface area contributed by atoms with Gasteiger partial charge in [0.1, 0.15) is 0 Å². The van der Waals surface area contributed by atoms with Gasteiger partial charge in [-0.2, -0.15) is 10.1 Å². The van der Waals surface area contributed by atoms with Gasteiger partial charge < -0.3 is 20.0 Å². The number of nitrogens with zero attached hydrogens (tertiary/aromatic N) is 6. The average Bonchev–Trinajstić information content (AvgIpc) is 2.52. The Morgan fingerprint density at radius 1 is 1.32 bits per heavy atom. The van der Waals surface area contributed by atoms with Gasteiger partial charge in [0.15, 0.2) is 5.82 Å². The fourth-order valence-corrected chi connectivity index (χ4v) is 2.35. The van der Waals surface area contributed by atoms with Gasteiger partial charge in [0, 0.05) is 39.6 Å². The Bertz CT molecular complexity index is 486. The van der Waals surface area contributed by atoms with E-state index in [4.69, 9.17) is 0 Å². The van der Waals surface area contributed by atoms with Crippen molar-refractivity contribution in [1.29, 1.82) is 0 Å². The number of rotatable bonds is 6. The number of carbonyl (C=O) groups is 1. The first kappa shape index (κ1) is 16.4. The average molecular weight is 307 g/mol. The highest BCUT2D eigenvalue weighted by molar-refractivity contribution is 5.73. The normalized spacial score (nSPS) is 15.3. The van der Waals surface area contributed by atoms with Crippen LogP contribution in [0.25, 0.3) is 0 Å². The van der Waals surface area contributed by atoms with E-state index in [2.05, 4.69) is 44.4 Å². The van der Waals surface area contributed by atoms with Gasteiger partial charge in [-0.25, -0.2) is 0 Å². The topological polar surface area (TPSA) is 77.5 Å². The van der Waals surface area contributed by atoms with Gasteiger partial charge in [-0.3, -0.25) is 4.79 Å². The molecule has 8 heteroatoms. The van der Waals surface area contributed by atoms with Crippen molar-refractivity contribution in [2.24, 2.45) is 0 Å². The molecular formula is C14H25N7O. The summed E-state index contributed by atoms with van der Waals surface area (Å²) in [5.74, 6) is 1.49. The van der Waals surface area contributed by atoms with Crippen LogP contribution in [0.4, 0.5) is 11.8 Å². The highest BCUT2D eigenvalue weighted by Crippen LogP contribution is 2.12. The molecule has 0 atom stereocenters. The summed E-state index contributed by atoms with van der Waals surface area (Å²) in [5.41, 5.74) is 0. The summed E-state index contributed by atoms with van der Waals surface area (Å²) in [4.78, 5) is 21.9. The molecule has 2 rings (SSSR count). The molecule has 1 fully saturated rings. The third kappa shape index (κ3) is 4.80. The fourth-order valence-electron chi connectivity index (χ4n) is 2.35. The van der Waals surface area contributed by atoms with Crippen LogP contribution in [-0.2, 0) is 4.79 Å². The lowest BCUT2D eigenvalue weighted by Crippen LogP contribution is -2.48. The third-order valence-corrected chi connectivity index (χ3v) is 3.64. The van der Waals surface area contributed by atoms with E-state index >= 15 is 0 Å². The van der Waals surface area contributed by atoms with E-state index in [1.54, 1.807) is 13.1 Å². The van der Waals surface area contributed by atoms with E-state index in [0.29, 0.717) is 19.0 Å². The van der Waals surface area contributed by atoms with Crippen molar-refractivity contribution in [3.63, 3.8) is 0 Å². The van der Waals surface area contributed by atoms with E-state index < -0.39 is 0 Å². The number of carbonyl (C=O) groups excluding carboxylic acids is 1. The molecule has 1 saturated heterocycles.